The molecule has 0 aliphatic carbocycles. The van der Waals surface area contributed by atoms with Gasteiger partial charge in [0.2, 0.25) is 10.0 Å². The summed E-state index contributed by atoms with van der Waals surface area (Å²) in [5.74, 6) is 0.791. The van der Waals surface area contributed by atoms with E-state index in [9.17, 15) is 16.8 Å². The lowest BCUT2D eigenvalue weighted by Crippen LogP contribution is -2.44. The summed E-state index contributed by atoms with van der Waals surface area (Å²) < 4.78 is 62.5. The topological polar surface area (TPSA) is 93.2 Å². The lowest BCUT2D eigenvalue weighted by Gasteiger charge is -2.29. The molecule has 8 nitrogen and oxygen atoms in total. The Kier molecular flexibility index (Phi) is 5.48. The Morgan fingerprint density at radius 2 is 1.81 bits per heavy atom. The van der Waals surface area contributed by atoms with Gasteiger partial charge in [0.15, 0.2) is 21.3 Å². The second kappa shape index (κ2) is 7.34. The number of fused-ring (bicyclic) bond motifs is 1. The van der Waals surface area contributed by atoms with Crippen molar-refractivity contribution in [3.63, 3.8) is 0 Å². The van der Waals surface area contributed by atoms with E-state index in [-0.39, 0.29) is 22.9 Å². The van der Waals surface area contributed by atoms with E-state index in [0.717, 1.165) is 0 Å². The highest BCUT2D eigenvalue weighted by Crippen LogP contribution is 2.34. The minimum absolute atomic E-state index is 0.0206. The summed E-state index contributed by atoms with van der Waals surface area (Å²) in [6.45, 7) is 1.51. The van der Waals surface area contributed by atoms with Crippen LogP contribution in [0.5, 0.6) is 11.5 Å². The zero-order chi connectivity index (χ0) is 18.9. The van der Waals surface area contributed by atoms with E-state index in [1.54, 1.807) is 6.07 Å². The molecule has 1 atom stereocenters. The van der Waals surface area contributed by atoms with Crippen molar-refractivity contribution in [3.8, 4) is 11.5 Å². The maximum Gasteiger partial charge on any atom is 0.243 e. The molecule has 0 amide bonds. The number of sulfonamides is 1. The van der Waals surface area contributed by atoms with Crippen molar-refractivity contribution in [1.29, 1.82) is 0 Å². The van der Waals surface area contributed by atoms with Gasteiger partial charge in [-0.25, -0.2) is 16.8 Å². The summed E-state index contributed by atoms with van der Waals surface area (Å²) in [5, 5.41) is 0. The van der Waals surface area contributed by atoms with Crippen molar-refractivity contribution in [2.24, 2.45) is 0 Å². The Hall–Kier alpha value is -1.36. The third kappa shape index (κ3) is 4.13. The molecule has 0 saturated carbocycles. The van der Waals surface area contributed by atoms with E-state index in [4.69, 9.17) is 9.47 Å². The quantitative estimate of drug-likeness (QED) is 0.668. The number of likely N-dealkylation sites (N-methyl/N-ethyl adjacent to an activating group) is 1. The van der Waals surface area contributed by atoms with Gasteiger partial charge in [-0.3, -0.25) is 0 Å². The van der Waals surface area contributed by atoms with Crippen LogP contribution < -0.4 is 9.47 Å². The zero-order valence-corrected chi connectivity index (χ0v) is 16.6. The number of hydrogen-bond acceptors (Lipinski definition) is 7. The summed E-state index contributed by atoms with van der Waals surface area (Å²) in [7, 11) is -3.36. The molecule has 10 heteroatoms. The Balaban J connectivity index is 1.93. The summed E-state index contributed by atoms with van der Waals surface area (Å²) >= 11 is 0. The van der Waals surface area contributed by atoms with Crippen molar-refractivity contribution < 1.29 is 26.3 Å². The molecule has 3 rings (SSSR count). The molecule has 0 N–H and O–H groups in total. The predicted molar refractivity (Wildman–Crippen MR) is 96.9 cm³/mol. The second-order valence-corrected chi connectivity index (χ2v) is 10.9. The summed E-state index contributed by atoms with van der Waals surface area (Å²) in [6, 6.07) is 3.97. The Bertz CT molecular complexity index is 867. The number of rotatable bonds is 6. The third-order valence-electron chi connectivity index (χ3n) is 4.50. The Morgan fingerprint density at radius 1 is 1.12 bits per heavy atom. The molecule has 2 aliphatic rings. The molecule has 0 radical (unpaired) electrons. The monoisotopic (exact) mass is 404 g/mol. The van der Waals surface area contributed by atoms with Crippen LogP contribution in [0.4, 0.5) is 0 Å². The molecule has 1 aromatic carbocycles. The number of ether oxygens (including phenoxy) is 2. The molecule has 1 aromatic rings. The molecule has 0 spiro atoms. The molecule has 0 unspecified atom stereocenters. The van der Waals surface area contributed by atoms with Gasteiger partial charge in [-0.2, -0.15) is 4.31 Å². The first-order valence-corrected chi connectivity index (χ1v) is 11.7. The van der Waals surface area contributed by atoms with Crippen LogP contribution in [0.15, 0.2) is 23.1 Å². The van der Waals surface area contributed by atoms with Crippen LogP contribution in [0.2, 0.25) is 0 Å². The molecular formula is C16H24N2O6S2. The van der Waals surface area contributed by atoms with Gasteiger partial charge >= 0.3 is 0 Å². The first-order chi connectivity index (χ1) is 12.2. The molecule has 2 aliphatic heterocycles. The fourth-order valence-electron chi connectivity index (χ4n) is 3.12. The summed E-state index contributed by atoms with van der Waals surface area (Å²) in [6.07, 6.45) is 0.319. The van der Waals surface area contributed by atoms with Crippen LogP contribution in [0.1, 0.15) is 6.42 Å². The van der Waals surface area contributed by atoms with Crippen molar-refractivity contribution in [1.82, 2.24) is 9.21 Å². The van der Waals surface area contributed by atoms with E-state index in [1.807, 2.05) is 19.0 Å². The van der Waals surface area contributed by atoms with Crippen LogP contribution >= 0.6 is 0 Å². The molecule has 0 aromatic heterocycles. The van der Waals surface area contributed by atoms with Crippen LogP contribution in [0.3, 0.4) is 0 Å². The standard InChI is InChI=1S/C16H24N2O6S2/c1-17(2)6-7-18(13-5-10-25(19,20)12-13)26(21,22)14-3-4-15-16(11-14)24-9-8-23-15/h3-4,11,13H,5-10,12H2,1-2H3/t13-/m0/s1. The summed E-state index contributed by atoms with van der Waals surface area (Å²) in [4.78, 5) is 1.96. The minimum atomic E-state index is -3.86. The Morgan fingerprint density at radius 3 is 2.42 bits per heavy atom. The van der Waals surface area contributed by atoms with Crippen molar-refractivity contribution in [2.45, 2.75) is 17.4 Å². The zero-order valence-electron chi connectivity index (χ0n) is 14.9. The lowest BCUT2D eigenvalue weighted by molar-refractivity contribution is 0.171. The van der Waals surface area contributed by atoms with Crippen LogP contribution in [-0.2, 0) is 19.9 Å². The average Bonchev–Trinajstić information content (AvgIpc) is 2.93. The molecule has 2 heterocycles. The molecule has 26 heavy (non-hydrogen) atoms. The maximum atomic E-state index is 13.2. The van der Waals surface area contributed by atoms with Gasteiger partial charge in [0.1, 0.15) is 13.2 Å². The van der Waals surface area contributed by atoms with Gasteiger partial charge in [0, 0.05) is 25.2 Å². The fraction of sp³-hybridized carbons (Fsp3) is 0.625. The van der Waals surface area contributed by atoms with E-state index in [1.165, 1.54) is 16.4 Å². The van der Waals surface area contributed by atoms with Gasteiger partial charge in [-0.1, -0.05) is 0 Å². The van der Waals surface area contributed by atoms with E-state index in [0.29, 0.717) is 37.7 Å². The van der Waals surface area contributed by atoms with Gasteiger partial charge in [-0.15, -0.1) is 0 Å². The highest BCUT2D eigenvalue weighted by molar-refractivity contribution is 7.92. The van der Waals surface area contributed by atoms with Gasteiger partial charge in [0.25, 0.3) is 0 Å². The smallest absolute Gasteiger partial charge is 0.243 e. The highest BCUT2D eigenvalue weighted by atomic mass is 32.2. The number of hydrogen-bond donors (Lipinski definition) is 0. The number of sulfone groups is 1. The van der Waals surface area contributed by atoms with Gasteiger partial charge < -0.3 is 14.4 Å². The molecule has 1 saturated heterocycles. The SMILES string of the molecule is CN(C)CCN([C@H]1CCS(=O)(=O)C1)S(=O)(=O)c1ccc2c(c1)OCCO2. The number of benzene rings is 1. The molecular weight excluding hydrogens is 380 g/mol. The van der Waals surface area contributed by atoms with Crippen molar-refractivity contribution in [2.75, 3.05) is 51.9 Å². The number of nitrogens with zero attached hydrogens (tertiary/aromatic N) is 2. The van der Waals surface area contributed by atoms with Crippen molar-refractivity contribution >= 4 is 19.9 Å². The first kappa shape index (κ1) is 19.4. The largest absolute Gasteiger partial charge is 0.486 e. The van der Waals surface area contributed by atoms with Gasteiger partial charge in [0.05, 0.1) is 16.4 Å². The van der Waals surface area contributed by atoms with Crippen LogP contribution in [-0.4, -0.2) is 84.0 Å². The maximum absolute atomic E-state index is 13.2. The van der Waals surface area contributed by atoms with Crippen molar-refractivity contribution in [3.05, 3.63) is 18.2 Å². The first-order valence-electron chi connectivity index (χ1n) is 8.46. The van der Waals surface area contributed by atoms with E-state index in [2.05, 4.69) is 0 Å². The normalized spacial score (nSPS) is 22.1. The second-order valence-electron chi connectivity index (χ2n) is 6.78. The van der Waals surface area contributed by atoms with Crippen LogP contribution in [0.25, 0.3) is 0 Å². The highest BCUT2D eigenvalue weighted by Gasteiger charge is 2.39. The Labute approximate surface area is 154 Å². The molecule has 146 valence electrons. The lowest BCUT2D eigenvalue weighted by atomic mass is 10.2. The summed E-state index contributed by atoms with van der Waals surface area (Å²) in [5.41, 5.74) is 0. The van der Waals surface area contributed by atoms with E-state index >= 15 is 0 Å². The van der Waals surface area contributed by atoms with Crippen LogP contribution in [0, 0.1) is 0 Å². The van der Waals surface area contributed by atoms with E-state index < -0.39 is 25.9 Å². The molecule has 1 fully saturated rings. The third-order valence-corrected chi connectivity index (χ3v) is 8.20. The minimum Gasteiger partial charge on any atom is -0.486 e. The fourth-order valence-corrected chi connectivity index (χ4v) is 6.61. The average molecular weight is 405 g/mol. The van der Waals surface area contributed by atoms with Gasteiger partial charge in [-0.05, 0) is 32.6 Å². The molecule has 0 bridgehead atoms. The predicted octanol–water partition coefficient (Wildman–Crippen LogP) is 0.197.